The zero-order valence-electron chi connectivity index (χ0n) is 46.1. The molecule has 5 nitrogen and oxygen atoms in total. The molecule has 0 amide bonds. The van der Waals surface area contributed by atoms with Gasteiger partial charge >= 0.3 is 11.9 Å². The predicted molar refractivity (Wildman–Crippen MR) is 298 cm³/mol. The molecule has 0 radical (unpaired) electrons. The van der Waals surface area contributed by atoms with Gasteiger partial charge in [-0.2, -0.15) is 0 Å². The standard InChI is InChI=1S/C63H118O5/c1-4-7-10-13-16-19-22-25-28-30-32-34-36-38-41-44-47-50-53-56-62(64)67-60-61(59-66-58-55-52-49-46-43-40-27-24-21-18-15-12-9-6-3)68-63(65)57-54-51-48-45-42-39-37-35-33-31-29-26-23-20-17-14-11-8-5-2/h16,19,25-26,28-29,61H,4-15,17-18,20-24,27,30-60H2,1-3H3/b19-16-,28-25-,29-26-. The van der Waals surface area contributed by atoms with Crippen LogP contribution in [0.15, 0.2) is 36.5 Å². The van der Waals surface area contributed by atoms with Crippen LogP contribution in [0.4, 0.5) is 0 Å². The van der Waals surface area contributed by atoms with Gasteiger partial charge in [0.25, 0.3) is 0 Å². The van der Waals surface area contributed by atoms with Crippen LogP contribution >= 0.6 is 0 Å². The smallest absolute Gasteiger partial charge is 0.306 e. The first-order valence-electron chi connectivity index (χ1n) is 30.5. The average molecular weight is 956 g/mol. The number of carbonyl (C=O) groups excluding carboxylic acids is 2. The molecule has 0 bridgehead atoms. The van der Waals surface area contributed by atoms with E-state index >= 15 is 0 Å². The Morgan fingerprint density at radius 3 is 1.01 bits per heavy atom. The van der Waals surface area contributed by atoms with Crippen LogP contribution in [0.25, 0.3) is 0 Å². The Bertz CT molecular complexity index is 1080. The second kappa shape index (κ2) is 59.4. The van der Waals surface area contributed by atoms with Crippen LogP contribution < -0.4 is 0 Å². The van der Waals surface area contributed by atoms with E-state index in [0.29, 0.717) is 26.1 Å². The number of hydrogen-bond donors (Lipinski definition) is 0. The second-order valence-electron chi connectivity index (χ2n) is 20.6. The third-order valence-electron chi connectivity index (χ3n) is 13.6. The maximum atomic E-state index is 12.9. The lowest BCUT2D eigenvalue weighted by Crippen LogP contribution is -2.30. The topological polar surface area (TPSA) is 61.8 Å². The van der Waals surface area contributed by atoms with Gasteiger partial charge in [-0.05, 0) is 77.0 Å². The largest absolute Gasteiger partial charge is 0.462 e. The molecule has 0 rings (SSSR count). The van der Waals surface area contributed by atoms with E-state index in [9.17, 15) is 9.59 Å². The maximum Gasteiger partial charge on any atom is 0.306 e. The molecule has 0 fully saturated rings. The van der Waals surface area contributed by atoms with E-state index in [4.69, 9.17) is 14.2 Å². The number of carbonyl (C=O) groups is 2. The second-order valence-corrected chi connectivity index (χ2v) is 20.6. The van der Waals surface area contributed by atoms with Crippen LogP contribution in [0.2, 0.25) is 0 Å². The van der Waals surface area contributed by atoms with E-state index < -0.39 is 6.10 Å². The lowest BCUT2D eigenvalue weighted by atomic mass is 10.0. The number of rotatable bonds is 57. The van der Waals surface area contributed by atoms with E-state index in [1.54, 1.807) is 0 Å². The van der Waals surface area contributed by atoms with Crippen molar-refractivity contribution in [3.05, 3.63) is 36.5 Å². The van der Waals surface area contributed by atoms with Gasteiger partial charge in [-0.1, -0.05) is 276 Å². The minimum atomic E-state index is -0.535. The fourth-order valence-electron chi connectivity index (χ4n) is 9.07. The lowest BCUT2D eigenvalue weighted by molar-refractivity contribution is -0.163. The molecule has 0 aliphatic rings. The zero-order valence-corrected chi connectivity index (χ0v) is 46.1. The summed E-state index contributed by atoms with van der Waals surface area (Å²) in [7, 11) is 0. The molecule has 0 aliphatic heterocycles. The molecule has 0 aromatic carbocycles. The normalized spacial score (nSPS) is 12.3. The Kier molecular flexibility index (Phi) is 57.8. The molecule has 5 heteroatoms. The molecule has 0 aromatic rings. The molecule has 68 heavy (non-hydrogen) atoms. The highest BCUT2D eigenvalue weighted by molar-refractivity contribution is 5.70. The Labute approximate surface area is 425 Å². The first-order valence-corrected chi connectivity index (χ1v) is 30.5. The minimum absolute atomic E-state index is 0.0881. The highest BCUT2D eigenvalue weighted by atomic mass is 16.6. The van der Waals surface area contributed by atoms with Crippen molar-refractivity contribution in [1.29, 1.82) is 0 Å². The van der Waals surface area contributed by atoms with E-state index in [1.165, 1.54) is 257 Å². The fourth-order valence-corrected chi connectivity index (χ4v) is 9.07. The Balaban J connectivity index is 4.22. The number of unbranched alkanes of at least 4 members (excludes halogenated alkanes) is 40. The highest BCUT2D eigenvalue weighted by Crippen LogP contribution is 2.16. The molecule has 0 heterocycles. The van der Waals surface area contributed by atoms with Crippen molar-refractivity contribution < 1.29 is 23.8 Å². The first-order chi connectivity index (χ1) is 33.6. The van der Waals surface area contributed by atoms with Crippen molar-refractivity contribution in [3.8, 4) is 0 Å². The Morgan fingerprint density at radius 2 is 0.618 bits per heavy atom. The number of hydrogen-bond acceptors (Lipinski definition) is 5. The molecule has 0 spiro atoms. The van der Waals surface area contributed by atoms with Crippen LogP contribution in [-0.4, -0.2) is 37.9 Å². The quantitative estimate of drug-likeness (QED) is 0.0345. The van der Waals surface area contributed by atoms with Crippen LogP contribution in [-0.2, 0) is 23.8 Å². The van der Waals surface area contributed by atoms with E-state index in [2.05, 4.69) is 57.2 Å². The van der Waals surface area contributed by atoms with Crippen molar-refractivity contribution in [2.75, 3.05) is 19.8 Å². The van der Waals surface area contributed by atoms with Crippen LogP contribution in [0.3, 0.4) is 0 Å². The Hall–Kier alpha value is -1.88. The van der Waals surface area contributed by atoms with Crippen molar-refractivity contribution >= 4 is 11.9 Å². The molecule has 0 aliphatic carbocycles. The fraction of sp³-hybridized carbons (Fsp3) is 0.873. The van der Waals surface area contributed by atoms with Gasteiger partial charge in [0.1, 0.15) is 6.61 Å². The molecule has 0 saturated carbocycles. The summed E-state index contributed by atoms with van der Waals surface area (Å²) < 4.78 is 17.5. The van der Waals surface area contributed by atoms with Gasteiger partial charge < -0.3 is 14.2 Å². The van der Waals surface area contributed by atoms with Crippen molar-refractivity contribution in [2.45, 2.75) is 335 Å². The highest BCUT2D eigenvalue weighted by Gasteiger charge is 2.17. The molecule has 1 atom stereocenters. The molecule has 1 unspecified atom stereocenters. The summed E-state index contributed by atoms with van der Waals surface area (Å²) in [5, 5.41) is 0. The van der Waals surface area contributed by atoms with Gasteiger partial charge in [-0.3, -0.25) is 9.59 Å². The van der Waals surface area contributed by atoms with Crippen LogP contribution in [0.1, 0.15) is 329 Å². The third-order valence-corrected chi connectivity index (χ3v) is 13.6. The van der Waals surface area contributed by atoms with Gasteiger partial charge in [0.2, 0.25) is 0 Å². The van der Waals surface area contributed by atoms with E-state index in [0.717, 1.165) is 38.5 Å². The third kappa shape index (κ3) is 56.7. The molecular weight excluding hydrogens is 837 g/mol. The minimum Gasteiger partial charge on any atom is -0.462 e. The number of allylic oxidation sites excluding steroid dienone is 6. The summed E-state index contributed by atoms with van der Waals surface area (Å²) in [6.07, 6.45) is 73.1. The summed E-state index contributed by atoms with van der Waals surface area (Å²) in [5.41, 5.74) is 0. The summed E-state index contributed by atoms with van der Waals surface area (Å²) >= 11 is 0. The molecule has 0 saturated heterocycles. The summed E-state index contributed by atoms with van der Waals surface area (Å²) in [6.45, 7) is 7.86. The number of ether oxygens (including phenoxy) is 3. The summed E-state index contributed by atoms with van der Waals surface area (Å²) in [6, 6.07) is 0. The summed E-state index contributed by atoms with van der Waals surface area (Å²) in [5.74, 6) is -0.383. The SMILES string of the molecule is CCCCC/C=C\C/C=C\CCCCCCCCCCCC(=O)OCC(COCCCCCCCCCCCCCCCC)OC(=O)CCCCCCCCCCC/C=C\CCCCCCCC. The van der Waals surface area contributed by atoms with E-state index in [-0.39, 0.29) is 18.5 Å². The maximum absolute atomic E-state index is 12.9. The number of esters is 2. The zero-order chi connectivity index (χ0) is 49.2. The van der Waals surface area contributed by atoms with Crippen LogP contribution in [0.5, 0.6) is 0 Å². The van der Waals surface area contributed by atoms with Crippen molar-refractivity contribution in [3.63, 3.8) is 0 Å². The van der Waals surface area contributed by atoms with Gasteiger partial charge in [0.05, 0.1) is 6.61 Å². The first kappa shape index (κ1) is 66.1. The van der Waals surface area contributed by atoms with Crippen molar-refractivity contribution in [1.82, 2.24) is 0 Å². The van der Waals surface area contributed by atoms with Gasteiger partial charge in [0, 0.05) is 19.4 Å². The van der Waals surface area contributed by atoms with Gasteiger partial charge in [0.15, 0.2) is 6.10 Å². The molecule has 400 valence electrons. The molecule has 0 aromatic heterocycles. The van der Waals surface area contributed by atoms with E-state index in [1.807, 2.05) is 0 Å². The van der Waals surface area contributed by atoms with Gasteiger partial charge in [-0.25, -0.2) is 0 Å². The average Bonchev–Trinajstić information content (AvgIpc) is 3.34. The molecule has 0 N–H and O–H groups in total. The lowest BCUT2D eigenvalue weighted by Gasteiger charge is -2.18. The monoisotopic (exact) mass is 955 g/mol. The Morgan fingerprint density at radius 1 is 0.324 bits per heavy atom. The molecular formula is C63H118O5. The van der Waals surface area contributed by atoms with Gasteiger partial charge in [-0.15, -0.1) is 0 Å². The predicted octanol–water partition coefficient (Wildman–Crippen LogP) is 20.9. The van der Waals surface area contributed by atoms with Crippen molar-refractivity contribution in [2.24, 2.45) is 0 Å². The van der Waals surface area contributed by atoms with Crippen LogP contribution in [0, 0.1) is 0 Å². The summed E-state index contributed by atoms with van der Waals surface area (Å²) in [4.78, 5) is 25.6.